The van der Waals surface area contributed by atoms with Gasteiger partial charge in [0.05, 0.1) is 35.8 Å². The van der Waals surface area contributed by atoms with Crippen molar-refractivity contribution in [1.82, 2.24) is 24.7 Å². The highest BCUT2D eigenvalue weighted by Gasteiger charge is 2.31. The van der Waals surface area contributed by atoms with Gasteiger partial charge in [-0.05, 0) is 99.7 Å². The van der Waals surface area contributed by atoms with Crippen LogP contribution in [0.25, 0.3) is 45.1 Å². The van der Waals surface area contributed by atoms with Gasteiger partial charge in [0.1, 0.15) is 23.0 Å². The van der Waals surface area contributed by atoms with E-state index >= 15 is 0 Å². The summed E-state index contributed by atoms with van der Waals surface area (Å²) in [5.41, 5.74) is 7.80. The van der Waals surface area contributed by atoms with Crippen molar-refractivity contribution >= 4 is 28.6 Å². The van der Waals surface area contributed by atoms with Crippen molar-refractivity contribution in [2.45, 2.75) is 52.2 Å². The molecular weight excluding hydrogens is 612 g/mol. The summed E-state index contributed by atoms with van der Waals surface area (Å²) in [4.78, 5) is 28.9. The average Bonchev–Trinajstić information content (AvgIpc) is 3.90. The summed E-state index contributed by atoms with van der Waals surface area (Å²) in [5, 5.41) is 10.5. The van der Waals surface area contributed by atoms with Crippen LogP contribution in [0.4, 0.5) is 0 Å². The van der Waals surface area contributed by atoms with Crippen LogP contribution in [0.3, 0.4) is 0 Å². The number of oxazole rings is 2. The average molecular weight is 647 g/mol. The Morgan fingerprint density at radius 2 is 1.55 bits per heavy atom. The lowest BCUT2D eigenvalue weighted by Crippen LogP contribution is -2.36. The normalized spacial score (nSPS) is 16.7. The molecule has 1 amide bonds. The zero-order chi connectivity index (χ0) is 32.1. The minimum Gasteiger partial charge on any atom is -0.439 e. The van der Waals surface area contributed by atoms with E-state index in [1.54, 1.807) is 0 Å². The van der Waals surface area contributed by atoms with E-state index in [-0.39, 0.29) is 5.91 Å². The second kappa shape index (κ2) is 12.3. The first kappa shape index (κ1) is 29.9. The van der Waals surface area contributed by atoms with E-state index in [0.29, 0.717) is 64.4 Å². The molecule has 9 nitrogen and oxygen atoms in total. The first-order valence-electron chi connectivity index (χ1n) is 16.4. The predicted molar refractivity (Wildman–Crippen MR) is 179 cm³/mol. The van der Waals surface area contributed by atoms with E-state index in [1.807, 2.05) is 60.4 Å². The minimum absolute atomic E-state index is 0.113. The fraction of sp³-hybridized carbons (Fsp3) is 0.351. The molecule has 0 N–H and O–H groups in total. The van der Waals surface area contributed by atoms with Gasteiger partial charge in [-0.3, -0.25) is 14.6 Å². The Morgan fingerprint density at radius 3 is 2.30 bits per heavy atom. The van der Waals surface area contributed by atoms with Gasteiger partial charge in [-0.2, -0.15) is 5.26 Å². The highest BCUT2D eigenvalue weighted by atomic mass is 35.5. The number of aromatic nitrogens is 2. The first-order valence-corrected chi connectivity index (χ1v) is 16.8. The number of rotatable bonds is 7. The number of likely N-dealkylation sites (tertiary alicyclic amines) is 2. The van der Waals surface area contributed by atoms with Crippen LogP contribution < -0.4 is 0 Å². The molecule has 2 saturated heterocycles. The lowest BCUT2D eigenvalue weighted by molar-refractivity contribution is -0.133. The standard InChI is InChI=1S/C37H35ClN6O3/c1-23-26(8-6-9-27(23)36-40-30-17-24(19-42-12-2-3-13-42)16-25(18-39)35(30)47-36)28-10-7-11-29(34(28)38)37-41-31-20-44(21-32(31)46-37)33(45)22-43-14-4-5-15-43/h6-11,16-17H,2-5,12-15,19-22H2,1H3. The molecule has 0 bridgehead atoms. The highest BCUT2D eigenvalue weighted by molar-refractivity contribution is 6.36. The molecule has 47 heavy (non-hydrogen) atoms. The molecule has 8 rings (SSSR count). The quantitative estimate of drug-likeness (QED) is 0.183. The van der Waals surface area contributed by atoms with Crippen molar-refractivity contribution < 1.29 is 13.6 Å². The topological polar surface area (TPSA) is 103 Å². The van der Waals surface area contributed by atoms with E-state index in [9.17, 15) is 10.1 Å². The number of hydrogen-bond acceptors (Lipinski definition) is 8. The number of amides is 1. The predicted octanol–water partition coefficient (Wildman–Crippen LogP) is 7.18. The van der Waals surface area contributed by atoms with Gasteiger partial charge < -0.3 is 13.7 Å². The van der Waals surface area contributed by atoms with Crippen LogP contribution in [0.5, 0.6) is 0 Å². The van der Waals surface area contributed by atoms with Crippen molar-refractivity contribution in [3.05, 3.63) is 81.7 Å². The van der Waals surface area contributed by atoms with Crippen molar-refractivity contribution in [2.24, 2.45) is 0 Å². The molecule has 0 atom stereocenters. The lowest BCUT2D eigenvalue weighted by Gasteiger charge is -2.20. The third-order valence-corrected chi connectivity index (χ3v) is 10.1. The third kappa shape index (κ3) is 5.61. The Balaban J connectivity index is 1.07. The van der Waals surface area contributed by atoms with Gasteiger partial charge in [-0.1, -0.05) is 35.9 Å². The van der Waals surface area contributed by atoms with Gasteiger partial charge in [0, 0.05) is 17.7 Å². The molecule has 0 saturated carbocycles. The summed E-state index contributed by atoms with van der Waals surface area (Å²) in [6.45, 7) is 8.28. The van der Waals surface area contributed by atoms with E-state index in [4.69, 9.17) is 30.4 Å². The van der Waals surface area contributed by atoms with Crippen molar-refractivity contribution in [2.75, 3.05) is 32.7 Å². The van der Waals surface area contributed by atoms with Gasteiger partial charge in [-0.25, -0.2) is 9.97 Å². The summed E-state index contributed by atoms with van der Waals surface area (Å²) in [5.74, 6) is 1.75. The maximum absolute atomic E-state index is 12.9. The summed E-state index contributed by atoms with van der Waals surface area (Å²) in [6, 6.07) is 18.1. The number of carbonyl (C=O) groups is 1. The van der Waals surface area contributed by atoms with Crippen LogP contribution in [-0.4, -0.2) is 63.3 Å². The summed E-state index contributed by atoms with van der Waals surface area (Å²) in [7, 11) is 0. The van der Waals surface area contributed by atoms with Gasteiger partial charge in [0.15, 0.2) is 5.58 Å². The van der Waals surface area contributed by atoms with Crippen LogP contribution in [0.2, 0.25) is 5.02 Å². The van der Waals surface area contributed by atoms with Crippen molar-refractivity contribution in [3.63, 3.8) is 0 Å². The van der Waals surface area contributed by atoms with Crippen LogP contribution >= 0.6 is 11.6 Å². The molecule has 5 heterocycles. The van der Waals surface area contributed by atoms with E-state index in [2.05, 4.69) is 15.9 Å². The number of nitrogens with zero attached hydrogens (tertiary/aromatic N) is 6. The van der Waals surface area contributed by atoms with E-state index in [1.165, 1.54) is 12.8 Å². The molecular formula is C37H35ClN6O3. The number of benzene rings is 3. The van der Waals surface area contributed by atoms with Gasteiger partial charge in [0.2, 0.25) is 17.7 Å². The Kier molecular flexibility index (Phi) is 7.80. The molecule has 238 valence electrons. The largest absolute Gasteiger partial charge is 0.439 e. The fourth-order valence-corrected chi connectivity index (χ4v) is 7.52. The minimum atomic E-state index is 0.113. The van der Waals surface area contributed by atoms with Crippen LogP contribution in [0.1, 0.15) is 53.8 Å². The Hall–Kier alpha value is -4.49. The molecule has 5 aromatic rings. The van der Waals surface area contributed by atoms with E-state index in [0.717, 1.165) is 79.1 Å². The summed E-state index contributed by atoms with van der Waals surface area (Å²) in [6.07, 6.45) is 4.73. The van der Waals surface area contributed by atoms with Crippen molar-refractivity contribution in [3.8, 4) is 40.1 Å². The maximum Gasteiger partial charge on any atom is 0.237 e. The smallest absolute Gasteiger partial charge is 0.237 e. The molecule has 3 aliphatic heterocycles. The molecule has 2 aromatic heterocycles. The fourth-order valence-electron chi connectivity index (χ4n) is 7.21. The number of nitriles is 1. The number of hydrogen-bond donors (Lipinski definition) is 0. The Morgan fingerprint density at radius 1 is 0.872 bits per heavy atom. The lowest BCUT2D eigenvalue weighted by atomic mass is 9.95. The van der Waals surface area contributed by atoms with Gasteiger partial charge in [0.25, 0.3) is 0 Å². The van der Waals surface area contributed by atoms with E-state index < -0.39 is 0 Å². The Bertz CT molecular complexity index is 2020. The van der Waals surface area contributed by atoms with Gasteiger partial charge >= 0.3 is 0 Å². The highest BCUT2D eigenvalue weighted by Crippen LogP contribution is 2.41. The molecule has 10 heteroatoms. The summed E-state index contributed by atoms with van der Waals surface area (Å²) >= 11 is 7.09. The molecule has 0 aliphatic carbocycles. The zero-order valence-electron chi connectivity index (χ0n) is 26.4. The molecule has 3 aliphatic rings. The zero-order valence-corrected chi connectivity index (χ0v) is 27.1. The molecule has 0 radical (unpaired) electrons. The molecule has 0 unspecified atom stereocenters. The van der Waals surface area contributed by atoms with Gasteiger partial charge in [-0.15, -0.1) is 0 Å². The third-order valence-electron chi connectivity index (χ3n) is 9.72. The molecule has 0 spiro atoms. The molecule has 2 fully saturated rings. The monoisotopic (exact) mass is 646 g/mol. The second-order valence-electron chi connectivity index (χ2n) is 12.9. The molecule has 3 aromatic carbocycles. The van der Waals surface area contributed by atoms with Crippen molar-refractivity contribution in [1.29, 1.82) is 5.26 Å². The van der Waals surface area contributed by atoms with Crippen LogP contribution in [-0.2, 0) is 24.4 Å². The summed E-state index contributed by atoms with van der Waals surface area (Å²) < 4.78 is 12.5. The first-order chi connectivity index (χ1) is 22.9. The maximum atomic E-state index is 12.9. The van der Waals surface area contributed by atoms with Crippen LogP contribution in [0.15, 0.2) is 57.4 Å². The Labute approximate surface area is 278 Å². The van der Waals surface area contributed by atoms with Crippen LogP contribution in [0, 0.1) is 18.3 Å². The number of halogens is 1. The second-order valence-corrected chi connectivity index (χ2v) is 13.3. The SMILES string of the molecule is Cc1c(-c2nc3cc(CN4CCCC4)cc(C#N)c3o2)cccc1-c1cccc(-c2nc3c(o2)CN(C(=O)CN2CCCC2)C3)c1Cl. The number of carbonyl (C=O) groups excluding carboxylic acids is 1. The number of fused-ring (bicyclic) bond motifs is 2.